The van der Waals surface area contributed by atoms with Crippen molar-refractivity contribution in [3.05, 3.63) is 59.4 Å². The number of hydrogen-bond acceptors (Lipinski definition) is 3. The summed E-state index contributed by atoms with van der Waals surface area (Å²) in [5, 5.41) is 0. The number of aromatic nitrogens is 3. The molecule has 124 valence electrons. The van der Waals surface area contributed by atoms with Crippen LogP contribution in [-0.4, -0.2) is 40.1 Å². The predicted molar refractivity (Wildman–Crippen MR) is 96.8 cm³/mol. The number of pyridine rings is 1. The van der Waals surface area contributed by atoms with Gasteiger partial charge in [-0.05, 0) is 62.7 Å². The van der Waals surface area contributed by atoms with Crippen LogP contribution >= 0.6 is 12.2 Å². The first-order chi connectivity index (χ1) is 11.6. The zero-order chi connectivity index (χ0) is 17.1. The van der Waals surface area contributed by atoms with Crippen molar-refractivity contribution < 1.29 is 4.39 Å². The van der Waals surface area contributed by atoms with E-state index in [0.717, 1.165) is 35.6 Å². The van der Waals surface area contributed by atoms with E-state index < -0.39 is 0 Å². The molecule has 0 bridgehead atoms. The Hall–Kier alpha value is -2.31. The number of likely N-dealkylation sites (N-methyl/N-ethyl adjacent to an activating group) is 1. The van der Waals surface area contributed by atoms with Crippen LogP contribution in [0.15, 0.2) is 48.8 Å². The van der Waals surface area contributed by atoms with Gasteiger partial charge in [0.2, 0.25) is 0 Å². The Labute approximate surface area is 145 Å². The topological polar surface area (TPSA) is 36.9 Å². The maximum atomic E-state index is 13.3. The summed E-state index contributed by atoms with van der Waals surface area (Å²) >= 11 is 5.54. The molecule has 3 aromatic rings. The summed E-state index contributed by atoms with van der Waals surface area (Å²) < 4.78 is 16.0. The van der Waals surface area contributed by atoms with Crippen molar-refractivity contribution in [2.45, 2.75) is 6.54 Å². The zero-order valence-electron chi connectivity index (χ0n) is 13.7. The highest BCUT2D eigenvalue weighted by molar-refractivity contribution is 7.71. The van der Waals surface area contributed by atoms with Gasteiger partial charge in [0.05, 0.1) is 11.4 Å². The van der Waals surface area contributed by atoms with Crippen LogP contribution < -0.4 is 0 Å². The molecule has 0 radical (unpaired) electrons. The van der Waals surface area contributed by atoms with Crippen LogP contribution in [0.4, 0.5) is 4.39 Å². The van der Waals surface area contributed by atoms with Gasteiger partial charge in [0.25, 0.3) is 0 Å². The van der Waals surface area contributed by atoms with Gasteiger partial charge in [-0.15, -0.1) is 0 Å². The molecule has 0 unspecified atom stereocenters. The monoisotopic (exact) mass is 342 g/mol. The number of nitrogens with one attached hydrogen (secondary N) is 1. The van der Waals surface area contributed by atoms with Crippen LogP contribution in [0.1, 0.15) is 0 Å². The minimum Gasteiger partial charge on any atom is -0.330 e. The predicted octanol–water partition coefficient (Wildman–Crippen LogP) is 3.98. The number of rotatable bonds is 5. The summed E-state index contributed by atoms with van der Waals surface area (Å²) in [4.78, 5) is 9.49. The highest BCUT2D eigenvalue weighted by atomic mass is 32.1. The molecule has 0 aliphatic carbocycles. The third kappa shape index (κ3) is 3.44. The van der Waals surface area contributed by atoms with Crippen molar-refractivity contribution in [3.63, 3.8) is 0 Å². The first kappa shape index (κ1) is 16.5. The normalized spacial score (nSPS) is 11.2. The molecule has 0 aliphatic heterocycles. The standard InChI is InChI=1S/C18H19FN4S/c1-22(2)11-12-23-17(14-7-9-20-10-8-14)16(21-18(23)24)13-3-5-15(19)6-4-13/h3-10H,11-12H2,1-2H3,(H,21,24). The zero-order valence-corrected chi connectivity index (χ0v) is 14.5. The Morgan fingerprint density at radius 2 is 1.75 bits per heavy atom. The van der Waals surface area contributed by atoms with Gasteiger partial charge in [-0.2, -0.15) is 0 Å². The van der Waals surface area contributed by atoms with Crippen LogP contribution in [-0.2, 0) is 6.54 Å². The maximum absolute atomic E-state index is 13.3. The SMILES string of the molecule is CN(C)CCn1c(-c2ccncc2)c(-c2ccc(F)cc2)[nH]c1=S. The Morgan fingerprint density at radius 1 is 1.08 bits per heavy atom. The van der Waals surface area contributed by atoms with E-state index in [1.807, 2.05) is 26.2 Å². The number of nitrogens with zero attached hydrogens (tertiary/aromatic N) is 3. The van der Waals surface area contributed by atoms with Crippen molar-refractivity contribution in [1.29, 1.82) is 0 Å². The number of hydrogen-bond donors (Lipinski definition) is 1. The maximum Gasteiger partial charge on any atom is 0.178 e. The highest BCUT2D eigenvalue weighted by Gasteiger charge is 2.16. The molecule has 0 saturated carbocycles. The van der Waals surface area contributed by atoms with Crippen LogP contribution in [0.2, 0.25) is 0 Å². The molecule has 2 aromatic heterocycles. The van der Waals surface area contributed by atoms with E-state index >= 15 is 0 Å². The van der Waals surface area contributed by atoms with Gasteiger partial charge >= 0.3 is 0 Å². The van der Waals surface area contributed by atoms with E-state index in [-0.39, 0.29) is 5.82 Å². The number of imidazole rings is 1. The Bertz CT molecular complexity index is 866. The largest absolute Gasteiger partial charge is 0.330 e. The molecule has 3 rings (SSSR count). The molecule has 0 spiro atoms. The fourth-order valence-electron chi connectivity index (χ4n) is 2.62. The van der Waals surface area contributed by atoms with E-state index in [0.29, 0.717) is 4.77 Å². The third-order valence-corrected chi connectivity index (χ3v) is 4.16. The molecule has 1 aromatic carbocycles. The van der Waals surface area contributed by atoms with Gasteiger partial charge in [-0.25, -0.2) is 4.39 Å². The molecule has 6 heteroatoms. The lowest BCUT2D eigenvalue weighted by molar-refractivity contribution is 0.384. The first-order valence-electron chi connectivity index (χ1n) is 7.70. The van der Waals surface area contributed by atoms with Gasteiger partial charge in [-0.1, -0.05) is 0 Å². The third-order valence-electron chi connectivity index (χ3n) is 3.84. The molecule has 2 heterocycles. The second-order valence-electron chi connectivity index (χ2n) is 5.85. The Kier molecular flexibility index (Phi) is 4.87. The van der Waals surface area contributed by atoms with Crippen molar-refractivity contribution in [2.75, 3.05) is 20.6 Å². The first-order valence-corrected chi connectivity index (χ1v) is 8.11. The highest BCUT2D eigenvalue weighted by Crippen LogP contribution is 2.31. The average molecular weight is 342 g/mol. The lowest BCUT2D eigenvalue weighted by Gasteiger charge is -2.14. The van der Waals surface area contributed by atoms with Crippen LogP contribution in [0.5, 0.6) is 0 Å². The fourth-order valence-corrected chi connectivity index (χ4v) is 2.90. The number of halogens is 1. The van der Waals surface area contributed by atoms with Crippen molar-refractivity contribution in [1.82, 2.24) is 19.4 Å². The lowest BCUT2D eigenvalue weighted by atomic mass is 10.1. The van der Waals surface area contributed by atoms with Crippen LogP contribution in [0.3, 0.4) is 0 Å². The van der Waals surface area contributed by atoms with E-state index in [2.05, 4.69) is 19.4 Å². The summed E-state index contributed by atoms with van der Waals surface area (Å²) in [6, 6.07) is 10.3. The molecule has 24 heavy (non-hydrogen) atoms. The number of H-pyrrole nitrogens is 1. The molecule has 0 aliphatic rings. The molecule has 0 amide bonds. The van der Waals surface area contributed by atoms with E-state index in [9.17, 15) is 4.39 Å². The average Bonchev–Trinajstić information content (AvgIpc) is 2.91. The number of aromatic amines is 1. The molecule has 0 saturated heterocycles. The summed E-state index contributed by atoms with van der Waals surface area (Å²) in [7, 11) is 4.06. The van der Waals surface area contributed by atoms with Crippen LogP contribution in [0.25, 0.3) is 22.5 Å². The van der Waals surface area contributed by atoms with Gasteiger partial charge in [-0.3, -0.25) is 4.98 Å². The molecular formula is C18H19FN4S. The smallest absolute Gasteiger partial charge is 0.178 e. The van der Waals surface area contributed by atoms with Crippen molar-refractivity contribution in [2.24, 2.45) is 0 Å². The summed E-state index contributed by atoms with van der Waals surface area (Å²) in [5.41, 5.74) is 3.81. The van der Waals surface area contributed by atoms with Crippen molar-refractivity contribution >= 4 is 12.2 Å². The molecular weight excluding hydrogens is 323 g/mol. The van der Waals surface area contributed by atoms with Crippen LogP contribution in [0, 0.1) is 10.6 Å². The minimum atomic E-state index is -0.255. The summed E-state index contributed by atoms with van der Waals surface area (Å²) in [6.45, 7) is 1.63. The molecule has 4 nitrogen and oxygen atoms in total. The number of benzene rings is 1. The summed E-state index contributed by atoms with van der Waals surface area (Å²) in [6.07, 6.45) is 3.52. The Morgan fingerprint density at radius 3 is 2.38 bits per heavy atom. The van der Waals surface area contributed by atoms with E-state index in [1.54, 1.807) is 24.5 Å². The summed E-state index contributed by atoms with van der Waals surface area (Å²) in [5.74, 6) is -0.255. The lowest BCUT2D eigenvalue weighted by Crippen LogP contribution is -2.19. The van der Waals surface area contributed by atoms with Gasteiger partial charge < -0.3 is 14.5 Å². The minimum absolute atomic E-state index is 0.255. The molecule has 0 fully saturated rings. The van der Waals surface area contributed by atoms with Gasteiger partial charge in [0.1, 0.15) is 5.82 Å². The quantitative estimate of drug-likeness (QED) is 0.713. The Balaban J connectivity index is 2.17. The van der Waals surface area contributed by atoms with E-state index in [4.69, 9.17) is 12.2 Å². The molecule has 0 atom stereocenters. The molecule has 1 N–H and O–H groups in total. The van der Waals surface area contributed by atoms with E-state index in [1.165, 1.54) is 12.1 Å². The van der Waals surface area contributed by atoms with Gasteiger partial charge in [0, 0.05) is 36.6 Å². The second-order valence-corrected chi connectivity index (χ2v) is 6.24. The second kappa shape index (κ2) is 7.07. The van der Waals surface area contributed by atoms with Crippen molar-refractivity contribution in [3.8, 4) is 22.5 Å². The van der Waals surface area contributed by atoms with Gasteiger partial charge in [0.15, 0.2) is 4.77 Å². The fraction of sp³-hybridized carbons (Fsp3) is 0.222.